The standard InChI is InChI=1S/C17H31N3/c1-15(2)4-3-9-19-10-5-16(6-11-19)14-20-12-7-17(18)8-13-20/h15-17H,5-14,18H2,1-2H3. The summed E-state index contributed by atoms with van der Waals surface area (Å²) < 4.78 is 0. The summed E-state index contributed by atoms with van der Waals surface area (Å²) in [5.41, 5.74) is 5.97. The Labute approximate surface area is 124 Å². The molecule has 0 unspecified atom stereocenters. The Bertz CT molecular complexity index is 326. The molecule has 0 bridgehead atoms. The number of piperidine rings is 2. The molecule has 0 amide bonds. The predicted octanol–water partition coefficient (Wildman–Crippen LogP) is 1.78. The molecule has 2 fully saturated rings. The highest BCUT2D eigenvalue weighted by atomic mass is 15.2. The molecule has 0 spiro atoms. The quantitative estimate of drug-likeness (QED) is 0.798. The Morgan fingerprint density at radius 3 is 2.20 bits per heavy atom. The molecule has 2 aliphatic heterocycles. The first-order valence-corrected chi connectivity index (χ1v) is 8.32. The highest BCUT2D eigenvalue weighted by Crippen LogP contribution is 2.20. The van der Waals surface area contributed by atoms with Crippen LogP contribution < -0.4 is 5.73 Å². The molecule has 2 saturated heterocycles. The van der Waals surface area contributed by atoms with Crippen LogP contribution in [-0.4, -0.2) is 55.1 Å². The van der Waals surface area contributed by atoms with Crippen LogP contribution in [0.15, 0.2) is 0 Å². The smallest absolute Gasteiger partial charge is 0.0601 e. The summed E-state index contributed by atoms with van der Waals surface area (Å²) in [5, 5.41) is 0. The fraction of sp³-hybridized carbons (Fsp3) is 0.882. The molecule has 2 heterocycles. The Morgan fingerprint density at radius 1 is 1.00 bits per heavy atom. The fourth-order valence-corrected chi connectivity index (χ4v) is 3.19. The van der Waals surface area contributed by atoms with Gasteiger partial charge in [0.2, 0.25) is 0 Å². The van der Waals surface area contributed by atoms with E-state index in [2.05, 4.69) is 35.5 Å². The number of rotatable bonds is 3. The van der Waals surface area contributed by atoms with Crippen molar-refractivity contribution in [3.8, 4) is 11.8 Å². The molecule has 0 aromatic heterocycles. The molecular weight excluding hydrogens is 246 g/mol. The van der Waals surface area contributed by atoms with Crippen LogP contribution in [0.25, 0.3) is 0 Å². The minimum atomic E-state index is 0.452. The van der Waals surface area contributed by atoms with Crippen LogP contribution in [0.1, 0.15) is 39.5 Å². The summed E-state index contributed by atoms with van der Waals surface area (Å²) in [6.07, 6.45) is 5.05. The van der Waals surface area contributed by atoms with Crippen LogP contribution in [0.2, 0.25) is 0 Å². The maximum atomic E-state index is 5.97. The first-order chi connectivity index (χ1) is 9.63. The normalized spacial score (nSPS) is 23.8. The van der Waals surface area contributed by atoms with E-state index in [0.717, 1.165) is 12.5 Å². The maximum absolute atomic E-state index is 5.97. The van der Waals surface area contributed by atoms with Crippen molar-refractivity contribution in [1.29, 1.82) is 0 Å². The van der Waals surface area contributed by atoms with Gasteiger partial charge in [-0.15, -0.1) is 0 Å². The molecule has 2 rings (SSSR count). The van der Waals surface area contributed by atoms with E-state index in [1.807, 2.05) is 0 Å². The van der Waals surface area contributed by atoms with Crippen molar-refractivity contribution >= 4 is 0 Å². The first-order valence-electron chi connectivity index (χ1n) is 8.32. The van der Waals surface area contributed by atoms with Gasteiger partial charge in [0.1, 0.15) is 0 Å². The topological polar surface area (TPSA) is 32.5 Å². The summed E-state index contributed by atoms with van der Waals surface area (Å²) in [7, 11) is 0. The van der Waals surface area contributed by atoms with Crippen molar-refractivity contribution in [2.24, 2.45) is 17.6 Å². The lowest BCUT2D eigenvalue weighted by Gasteiger charge is -2.36. The van der Waals surface area contributed by atoms with Gasteiger partial charge in [0, 0.05) is 18.5 Å². The summed E-state index contributed by atoms with van der Waals surface area (Å²) >= 11 is 0. The third kappa shape index (κ3) is 5.44. The SMILES string of the molecule is CC(C)C#CCN1CCC(CN2CCC(N)CC2)CC1. The van der Waals surface area contributed by atoms with E-state index in [-0.39, 0.29) is 0 Å². The average molecular weight is 277 g/mol. The third-order valence-corrected chi connectivity index (χ3v) is 4.55. The molecule has 0 aliphatic carbocycles. The lowest BCUT2D eigenvalue weighted by molar-refractivity contribution is 0.134. The zero-order valence-corrected chi connectivity index (χ0v) is 13.3. The summed E-state index contributed by atoms with van der Waals surface area (Å²) in [5.74, 6) is 7.96. The zero-order valence-electron chi connectivity index (χ0n) is 13.3. The van der Waals surface area contributed by atoms with Gasteiger partial charge in [-0.2, -0.15) is 0 Å². The molecule has 0 atom stereocenters. The van der Waals surface area contributed by atoms with E-state index in [0.29, 0.717) is 12.0 Å². The summed E-state index contributed by atoms with van der Waals surface area (Å²) in [6.45, 7) is 11.4. The zero-order chi connectivity index (χ0) is 14.4. The Kier molecular flexibility index (Phi) is 6.35. The van der Waals surface area contributed by atoms with Crippen molar-refractivity contribution in [3.05, 3.63) is 0 Å². The maximum Gasteiger partial charge on any atom is 0.0601 e. The van der Waals surface area contributed by atoms with Gasteiger partial charge in [0.25, 0.3) is 0 Å². The second-order valence-electron chi connectivity index (χ2n) is 6.83. The molecule has 0 aromatic rings. The lowest BCUT2D eigenvalue weighted by atomic mass is 9.95. The van der Waals surface area contributed by atoms with Crippen LogP contribution in [-0.2, 0) is 0 Å². The molecule has 2 aliphatic rings. The van der Waals surface area contributed by atoms with E-state index < -0.39 is 0 Å². The summed E-state index contributed by atoms with van der Waals surface area (Å²) in [6, 6.07) is 0.452. The van der Waals surface area contributed by atoms with Crippen LogP contribution >= 0.6 is 0 Å². The van der Waals surface area contributed by atoms with E-state index in [4.69, 9.17) is 5.73 Å². The van der Waals surface area contributed by atoms with E-state index in [9.17, 15) is 0 Å². The number of nitrogens with zero attached hydrogens (tertiary/aromatic N) is 2. The first kappa shape index (κ1) is 15.8. The second kappa shape index (κ2) is 8.02. The number of nitrogens with two attached hydrogens (primary N) is 1. The van der Waals surface area contributed by atoms with Crippen molar-refractivity contribution in [2.45, 2.75) is 45.6 Å². The van der Waals surface area contributed by atoms with E-state index in [1.54, 1.807) is 0 Å². The monoisotopic (exact) mass is 277 g/mol. The van der Waals surface area contributed by atoms with E-state index >= 15 is 0 Å². The minimum absolute atomic E-state index is 0.452. The number of hydrogen-bond donors (Lipinski definition) is 1. The van der Waals surface area contributed by atoms with Crippen LogP contribution in [0.4, 0.5) is 0 Å². The lowest BCUT2D eigenvalue weighted by Crippen LogP contribution is -2.44. The Hall–Kier alpha value is -0.560. The molecule has 3 heteroatoms. The molecule has 2 N–H and O–H groups in total. The van der Waals surface area contributed by atoms with Gasteiger partial charge in [-0.1, -0.05) is 25.7 Å². The Balaban J connectivity index is 1.63. The van der Waals surface area contributed by atoms with Gasteiger partial charge in [0.15, 0.2) is 0 Å². The van der Waals surface area contributed by atoms with Crippen molar-refractivity contribution < 1.29 is 0 Å². The molecule has 0 aromatic carbocycles. The highest BCUT2D eigenvalue weighted by Gasteiger charge is 2.23. The second-order valence-corrected chi connectivity index (χ2v) is 6.83. The minimum Gasteiger partial charge on any atom is -0.328 e. The molecule has 20 heavy (non-hydrogen) atoms. The van der Waals surface area contributed by atoms with Gasteiger partial charge in [-0.25, -0.2) is 0 Å². The molecule has 3 nitrogen and oxygen atoms in total. The van der Waals surface area contributed by atoms with Crippen molar-refractivity contribution in [3.63, 3.8) is 0 Å². The van der Waals surface area contributed by atoms with Crippen LogP contribution in [0, 0.1) is 23.7 Å². The van der Waals surface area contributed by atoms with Crippen molar-refractivity contribution in [2.75, 3.05) is 39.3 Å². The molecule has 0 radical (unpaired) electrons. The highest BCUT2D eigenvalue weighted by molar-refractivity contribution is 5.03. The summed E-state index contributed by atoms with van der Waals surface area (Å²) in [4.78, 5) is 5.14. The van der Waals surface area contributed by atoms with E-state index in [1.165, 1.54) is 58.4 Å². The average Bonchev–Trinajstić information content (AvgIpc) is 2.43. The molecule has 0 saturated carbocycles. The van der Waals surface area contributed by atoms with Gasteiger partial charge < -0.3 is 10.6 Å². The molecule has 114 valence electrons. The number of hydrogen-bond acceptors (Lipinski definition) is 3. The van der Waals surface area contributed by atoms with Gasteiger partial charge in [-0.3, -0.25) is 4.90 Å². The van der Waals surface area contributed by atoms with Gasteiger partial charge in [0.05, 0.1) is 6.54 Å². The largest absolute Gasteiger partial charge is 0.328 e. The van der Waals surface area contributed by atoms with Gasteiger partial charge in [-0.05, 0) is 57.8 Å². The number of likely N-dealkylation sites (tertiary alicyclic amines) is 2. The van der Waals surface area contributed by atoms with Crippen molar-refractivity contribution in [1.82, 2.24) is 9.80 Å². The Morgan fingerprint density at radius 2 is 1.60 bits per heavy atom. The fourth-order valence-electron chi connectivity index (χ4n) is 3.19. The third-order valence-electron chi connectivity index (χ3n) is 4.55. The molecular formula is C17H31N3. The predicted molar refractivity (Wildman–Crippen MR) is 85.4 cm³/mol. The van der Waals surface area contributed by atoms with Crippen LogP contribution in [0.3, 0.4) is 0 Å². The van der Waals surface area contributed by atoms with Gasteiger partial charge >= 0.3 is 0 Å². The van der Waals surface area contributed by atoms with Crippen LogP contribution in [0.5, 0.6) is 0 Å².